The molecule has 6 nitrogen and oxygen atoms in total. The van der Waals surface area contributed by atoms with Crippen LogP contribution in [0.25, 0.3) is 0 Å². The van der Waals surface area contributed by atoms with Crippen LogP contribution in [0.1, 0.15) is 18.9 Å². The van der Waals surface area contributed by atoms with E-state index < -0.39 is 0 Å². The molecular formula is C25H27N3O3. The minimum absolute atomic E-state index is 0.135. The molecular weight excluding hydrogens is 390 g/mol. The topological polar surface area (TPSA) is 79.5 Å². The maximum absolute atomic E-state index is 12.1. The van der Waals surface area contributed by atoms with Crippen molar-refractivity contribution in [2.24, 2.45) is 0 Å². The third-order valence-electron chi connectivity index (χ3n) is 4.52. The Morgan fingerprint density at radius 2 is 1.39 bits per heavy atom. The Hall–Kier alpha value is -3.80. The molecule has 6 heteroatoms. The normalized spacial score (nSPS) is 10.2. The predicted octanol–water partition coefficient (Wildman–Crippen LogP) is 4.71. The number of nitrogens with one attached hydrogen (secondary N) is 3. The molecule has 3 aromatic carbocycles. The first-order chi connectivity index (χ1) is 15.1. The summed E-state index contributed by atoms with van der Waals surface area (Å²) >= 11 is 0. The van der Waals surface area contributed by atoms with Crippen molar-refractivity contribution in [1.82, 2.24) is 0 Å². The molecule has 0 saturated heterocycles. The molecule has 3 rings (SSSR count). The van der Waals surface area contributed by atoms with Crippen molar-refractivity contribution in [1.29, 1.82) is 0 Å². The average molecular weight is 418 g/mol. The van der Waals surface area contributed by atoms with E-state index in [1.807, 2.05) is 42.5 Å². The Morgan fingerprint density at radius 3 is 2.03 bits per heavy atom. The summed E-state index contributed by atoms with van der Waals surface area (Å²) in [5, 5.41) is 8.59. The van der Waals surface area contributed by atoms with Crippen LogP contribution in [0.3, 0.4) is 0 Å². The lowest BCUT2D eigenvalue weighted by Gasteiger charge is -2.10. The number of anilines is 3. The molecule has 3 N–H and O–H groups in total. The van der Waals surface area contributed by atoms with Crippen molar-refractivity contribution < 1.29 is 14.3 Å². The number of ether oxygens (including phenoxy) is 1. The first kappa shape index (κ1) is 21.9. The monoisotopic (exact) mass is 417 g/mol. The van der Waals surface area contributed by atoms with Gasteiger partial charge in [-0.1, -0.05) is 30.3 Å². The maximum Gasteiger partial charge on any atom is 0.243 e. The summed E-state index contributed by atoms with van der Waals surface area (Å²) in [5.74, 6) is 0.514. The number of hydrogen-bond donors (Lipinski definition) is 3. The maximum atomic E-state index is 12.1. The molecule has 0 spiro atoms. The van der Waals surface area contributed by atoms with Crippen molar-refractivity contribution >= 4 is 28.9 Å². The first-order valence-electron chi connectivity index (χ1n) is 10.3. The van der Waals surface area contributed by atoms with Crippen LogP contribution < -0.4 is 20.7 Å². The molecule has 0 unspecified atom stereocenters. The fourth-order valence-corrected chi connectivity index (χ4v) is 3.01. The van der Waals surface area contributed by atoms with Gasteiger partial charge >= 0.3 is 0 Å². The molecule has 0 saturated carbocycles. The second kappa shape index (κ2) is 11.4. The van der Waals surface area contributed by atoms with Crippen LogP contribution in [0, 0.1) is 0 Å². The van der Waals surface area contributed by atoms with Gasteiger partial charge in [0.15, 0.2) is 0 Å². The zero-order valence-corrected chi connectivity index (χ0v) is 17.6. The van der Waals surface area contributed by atoms with Gasteiger partial charge in [0.1, 0.15) is 5.75 Å². The molecule has 0 fully saturated rings. The fourth-order valence-electron chi connectivity index (χ4n) is 3.01. The number of carbonyl (C=O) groups excluding carboxylic acids is 2. The summed E-state index contributed by atoms with van der Waals surface area (Å²) in [6.07, 6.45) is 1.95. The van der Waals surface area contributed by atoms with E-state index in [-0.39, 0.29) is 18.4 Å². The zero-order valence-electron chi connectivity index (χ0n) is 17.6. The van der Waals surface area contributed by atoms with E-state index in [9.17, 15) is 9.59 Å². The molecule has 0 aromatic heterocycles. The van der Waals surface area contributed by atoms with E-state index in [4.69, 9.17) is 4.74 Å². The Balaban J connectivity index is 1.36. The summed E-state index contributed by atoms with van der Waals surface area (Å²) < 4.78 is 5.79. The second-order valence-corrected chi connectivity index (χ2v) is 7.12. The van der Waals surface area contributed by atoms with Crippen molar-refractivity contribution in [3.05, 3.63) is 84.4 Å². The summed E-state index contributed by atoms with van der Waals surface area (Å²) in [6.45, 7) is 2.25. The standard InChI is InChI=1S/C25H27N3O3/c1-19(29)27-22-9-11-23(12-10-22)28-25(30)18-26-21-13-15-24(16-14-21)31-17-5-8-20-6-3-2-4-7-20/h2-4,6-7,9-16,26H,5,8,17-18H2,1H3,(H,27,29)(H,28,30). The smallest absolute Gasteiger partial charge is 0.243 e. The quantitative estimate of drug-likeness (QED) is 0.418. The van der Waals surface area contributed by atoms with E-state index >= 15 is 0 Å². The average Bonchev–Trinajstić information content (AvgIpc) is 2.78. The van der Waals surface area contributed by atoms with Gasteiger partial charge in [0.2, 0.25) is 11.8 Å². The Kier molecular flexibility index (Phi) is 8.05. The van der Waals surface area contributed by atoms with Gasteiger partial charge in [0.25, 0.3) is 0 Å². The third kappa shape index (κ3) is 7.85. The lowest BCUT2D eigenvalue weighted by Crippen LogP contribution is -2.21. The number of carbonyl (C=O) groups is 2. The molecule has 31 heavy (non-hydrogen) atoms. The highest BCUT2D eigenvalue weighted by atomic mass is 16.5. The molecule has 0 atom stereocenters. The Morgan fingerprint density at radius 1 is 0.774 bits per heavy atom. The van der Waals surface area contributed by atoms with Crippen LogP contribution in [-0.4, -0.2) is 25.0 Å². The largest absolute Gasteiger partial charge is 0.494 e. The van der Waals surface area contributed by atoms with Gasteiger partial charge < -0.3 is 20.7 Å². The van der Waals surface area contributed by atoms with Gasteiger partial charge in [-0.15, -0.1) is 0 Å². The summed E-state index contributed by atoms with van der Waals surface area (Å²) in [7, 11) is 0. The highest BCUT2D eigenvalue weighted by molar-refractivity contribution is 5.94. The van der Waals surface area contributed by atoms with Gasteiger partial charge in [0, 0.05) is 24.0 Å². The van der Waals surface area contributed by atoms with Crippen LogP contribution in [0.2, 0.25) is 0 Å². The van der Waals surface area contributed by atoms with E-state index in [0.29, 0.717) is 18.0 Å². The van der Waals surface area contributed by atoms with Gasteiger partial charge in [0.05, 0.1) is 13.2 Å². The predicted molar refractivity (Wildman–Crippen MR) is 125 cm³/mol. The molecule has 0 heterocycles. The van der Waals surface area contributed by atoms with E-state index in [0.717, 1.165) is 24.3 Å². The Bertz CT molecular complexity index is 971. The molecule has 0 aliphatic rings. The molecule has 0 aliphatic carbocycles. The molecule has 2 amide bonds. The number of aryl methyl sites for hydroxylation is 1. The molecule has 0 bridgehead atoms. The summed E-state index contributed by atoms with van der Waals surface area (Å²) in [5.41, 5.74) is 3.51. The van der Waals surface area contributed by atoms with E-state index in [1.54, 1.807) is 24.3 Å². The number of benzene rings is 3. The van der Waals surface area contributed by atoms with Gasteiger partial charge in [-0.3, -0.25) is 9.59 Å². The Labute approximate surface area is 182 Å². The molecule has 0 aliphatic heterocycles. The first-order valence-corrected chi connectivity index (χ1v) is 10.3. The lowest BCUT2D eigenvalue weighted by atomic mass is 10.1. The van der Waals surface area contributed by atoms with Crippen molar-refractivity contribution in [3.63, 3.8) is 0 Å². The fraction of sp³-hybridized carbons (Fsp3) is 0.200. The van der Waals surface area contributed by atoms with Crippen molar-refractivity contribution in [2.45, 2.75) is 19.8 Å². The molecule has 160 valence electrons. The summed E-state index contributed by atoms with van der Waals surface area (Å²) in [6, 6.07) is 24.9. The van der Waals surface area contributed by atoms with Crippen LogP contribution in [0.15, 0.2) is 78.9 Å². The van der Waals surface area contributed by atoms with Gasteiger partial charge in [-0.2, -0.15) is 0 Å². The van der Waals surface area contributed by atoms with Crippen LogP contribution >= 0.6 is 0 Å². The van der Waals surface area contributed by atoms with Gasteiger partial charge in [-0.25, -0.2) is 0 Å². The number of hydrogen-bond acceptors (Lipinski definition) is 4. The second-order valence-electron chi connectivity index (χ2n) is 7.12. The lowest BCUT2D eigenvalue weighted by molar-refractivity contribution is -0.115. The molecule has 3 aromatic rings. The zero-order chi connectivity index (χ0) is 21.9. The van der Waals surface area contributed by atoms with Crippen molar-refractivity contribution in [2.75, 3.05) is 29.1 Å². The van der Waals surface area contributed by atoms with Crippen LogP contribution in [0.5, 0.6) is 5.75 Å². The minimum atomic E-state index is -0.159. The van der Waals surface area contributed by atoms with Crippen molar-refractivity contribution in [3.8, 4) is 5.75 Å². The van der Waals surface area contributed by atoms with E-state index in [1.165, 1.54) is 12.5 Å². The van der Waals surface area contributed by atoms with Crippen LogP contribution in [-0.2, 0) is 16.0 Å². The summed E-state index contributed by atoms with van der Waals surface area (Å²) in [4.78, 5) is 23.2. The highest BCUT2D eigenvalue weighted by Crippen LogP contribution is 2.17. The molecule has 0 radical (unpaired) electrons. The van der Waals surface area contributed by atoms with Gasteiger partial charge in [-0.05, 0) is 66.9 Å². The van der Waals surface area contributed by atoms with Crippen LogP contribution in [0.4, 0.5) is 17.1 Å². The highest BCUT2D eigenvalue weighted by Gasteiger charge is 2.04. The SMILES string of the molecule is CC(=O)Nc1ccc(NC(=O)CNc2ccc(OCCCc3ccccc3)cc2)cc1. The minimum Gasteiger partial charge on any atom is -0.494 e. The number of amides is 2. The van der Waals surface area contributed by atoms with E-state index in [2.05, 4.69) is 28.1 Å². The third-order valence-corrected chi connectivity index (χ3v) is 4.52. The number of rotatable bonds is 10.